The van der Waals surface area contributed by atoms with E-state index < -0.39 is 0 Å². The minimum absolute atomic E-state index is 0.0237. The topological polar surface area (TPSA) is 38.1 Å². The zero-order valence-electron chi connectivity index (χ0n) is 9.24. The molecule has 0 fully saturated rings. The Morgan fingerprint density at radius 1 is 1.38 bits per heavy atom. The van der Waals surface area contributed by atoms with E-state index in [0.717, 1.165) is 27.2 Å². The van der Waals surface area contributed by atoms with Gasteiger partial charge in [-0.15, -0.1) is 0 Å². The van der Waals surface area contributed by atoms with Crippen LogP contribution in [0.4, 0.5) is 0 Å². The van der Waals surface area contributed by atoms with Crippen LogP contribution in [0.25, 0.3) is 11.4 Å². The van der Waals surface area contributed by atoms with Crippen molar-refractivity contribution < 1.29 is 5.11 Å². The van der Waals surface area contributed by atoms with Gasteiger partial charge >= 0.3 is 0 Å². The van der Waals surface area contributed by atoms with Crippen molar-refractivity contribution in [3.63, 3.8) is 0 Å². The molecule has 2 rings (SSSR count). The van der Waals surface area contributed by atoms with Crippen molar-refractivity contribution >= 4 is 15.9 Å². The average molecular weight is 281 g/mol. The quantitative estimate of drug-likeness (QED) is 0.919. The smallest absolute Gasteiger partial charge is 0.141 e. The molecule has 0 bridgehead atoms. The van der Waals surface area contributed by atoms with Crippen molar-refractivity contribution in [1.82, 2.24) is 9.55 Å². The van der Waals surface area contributed by atoms with Crippen LogP contribution in [-0.2, 0) is 13.7 Å². The van der Waals surface area contributed by atoms with Crippen molar-refractivity contribution in [2.24, 2.45) is 7.05 Å². The fourth-order valence-corrected chi connectivity index (χ4v) is 2.13. The van der Waals surface area contributed by atoms with E-state index in [1.807, 2.05) is 42.8 Å². The van der Waals surface area contributed by atoms with Crippen LogP contribution in [0.2, 0.25) is 0 Å². The summed E-state index contributed by atoms with van der Waals surface area (Å²) in [6, 6.07) is 7.93. The second-order valence-electron chi connectivity index (χ2n) is 3.66. The van der Waals surface area contributed by atoms with Crippen molar-refractivity contribution in [3.8, 4) is 11.4 Å². The summed E-state index contributed by atoms with van der Waals surface area (Å²) in [7, 11) is 1.95. The molecule has 0 atom stereocenters. The maximum atomic E-state index is 9.18. The molecule has 1 aromatic heterocycles. The zero-order valence-corrected chi connectivity index (χ0v) is 10.8. The molecule has 1 heterocycles. The molecule has 84 valence electrons. The molecule has 0 saturated carbocycles. The van der Waals surface area contributed by atoms with Gasteiger partial charge in [0, 0.05) is 22.8 Å². The molecule has 4 heteroatoms. The second kappa shape index (κ2) is 4.39. The average Bonchev–Trinajstić information content (AvgIpc) is 2.57. The highest BCUT2D eigenvalue weighted by Gasteiger charge is 2.13. The molecule has 2 aromatic rings. The van der Waals surface area contributed by atoms with Gasteiger partial charge < -0.3 is 9.67 Å². The molecule has 0 unspecified atom stereocenters. The first-order valence-corrected chi connectivity index (χ1v) is 5.82. The summed E-state index contributed by atoms with van der Waals surface area (Å²) in [6.07, 6.45) is 0. The van der Waals surface area contributed by atoms with Gasteiger partial charge in [-0.05, 0) is 13.0 Å². The molecule has 0 amide bonds. The number of hydrogen-bond acceptors (Lipinski definition) is 2. The van der Waals surface area contributed by atoms with Crippen molar-refractivity contribution in [2.75, 3.05) is 0 Å². The molecule has 16 heavy (non-hydrogen) atoms. The number of imidazole rings is 1. The maximum absolute atomic E-state index is 9.18. The molecule has 1 aromatic carbocycles. The molecule has 3 nitrogen and oxygen atoms in total. The van der Waals surface area contributed by atoms with E-state index in [-0.39, 0.29) is 6.61 Å². The summed E-state index contributed by atoms with van der Waals surface area (Å²) in [6.45, 7) is 1.93. The highest BCUT2D eigenvalue weighted by Crippen LogP contribution is 2.28. The summed E-state index contributed by atoms with van der Waals surface area (Å²) < 4.78 is 3.00. The van der Waals surface area contributed by atoms with Crippen LogP contribution in [0, 0.1) is 6.92 Å². The second-order valence-corrected chi connectivity index (χ2v) is 4.52. The summed E-state index contributed by atoms with van der Waals surface area (Å²) in [5.74, 6) is 0.869. The number of aliphatic hydroxyl groups excluding tert-OH is 1. The summed E-state index contributed by atoms with van der Waals surface area (Å²) >= 11 is 3.51. The van der Waals surface area contributed by atoms with Gasteiger partial charge in [0.15, 0.2) is 0 Å². The van der Waals surface area contributed by atoms with Gasteiger partial charge in [-0.1, -0.05) is 34.1 Å². The van der Waals surface area contributed by atoms with Crippen LogP contribution in [0.15, 0.2) is 28.7 Å². The number of halogens is 1. The van der Waals surface area contributed by atoms with E-state index >= 15 is 0 Å². The van der Waals surface area contributed by atoms with E-state index in [9.17, 15) is 5.11 Å². The molecule has 0 aliphatic rings. The Bertz CT molecular complexity index is 520. The Kier molecular flexibility index (Phi) is 3.12. The molecule has 0 radical (unpaired) electrons. The number of hydrogen-bond donors (Lipinski definition) is 1. The number of nitrogens with zero attached hydrogens (tertiary/aromatic N) is 2. The molecule has 0 aliphatic carbocycles. The Morgan fingerprint density at radius 3 is 2.62 bits per heavy atom. The normalized spacial score (nSPS) is 10.8. The third-order valence-corrected chi connectivity index (χ3v) is 3.44. The lowest BCUT2D eigenvalue weighted by Crippen LogP contribution is -1.95. The van der Waals surface area contributed by atoms with E-state index in [4.69, 9.17) is 0 Å². The fourth-order valence-electron chi connectivity index (χ4n) is 1.67. The van der Waals surface area contributed by atoms with Crippen molar-refractivity contribution in [3.05, 3.63) is 40.1 Å². The van der Waals surface area contributed by atoms with E-state index in [1.165, 1.54) is 0 Å². The molecule has 0 aliphatic heterocycles. The van der Waals surface area contributed by atoms with Gasteiger partial charge in [-0.2, -0.15) is 0 Å². The van der Waals surface area contributed by atoms with Crippen molar-refractivity contribution in [1.29, 1.82) is 0 Å². The minimum atomic E-state index is -0.0237. The van der Waals surface area contributed by atoms with E-state index in [0.29, 0.717) is 0 Å². The largest absolute Gasteiger partial charge is 0.390 e. The van der Waals surface area contributed by atoms with Gasteiger partial charge in [0.25, 0.3) is 0 Å². The van der Waals surface area contributed by atoms with E-state index in [2.05, 4.69) is 20.9 Å². The Hall–Kier alpha value is -1.13. The molecule has 1 N–H and O–H groups in total. The lowest BCUT2D eigenvalue weighted by atomic mass is 10.2. The first-order valence-electron chi connectivity index (χ1n) is 5.03. The lowest BCUT2D eigenvalue weighted by molar-refractivity contribution is 0.276. The third-order valence-electron chi connectivity index (χ3n) is 2.74. The zero-order chi connectivity index (χ0) is 11.7. The predicted octanol–water partition coefficient (Wildman–Crippen LogP) is 2.65. The SMILES string of the molecule is Cc1c(CO)nc(-c2ccccc2Br)n1C. The number of rotatable bonds is 2. The van der Waals surface area contributed by atoms with Crippen molar-refractivity contribution in [2.45, 2.75) is 13.5 Å². The number of aliphatic hydroxyl groups is 1. The summed E-state index contributed by atoms with van der Waals surface area (Å²) in [4.78, 5) is 4.44. The highest BCUT2D eigenvalue weighted by molar-refractivity contribution is 9.10. The summed E-state index contributed by atoms with van der Waals surface area (Å²) in [5.41, 5.74) is 2.76. The fraction of sp³-hybridized carbons (Fsp3) is 0.250. The van der Waals surface area contributed by atoms with Crippen LogP contribution in [-0.4, -0.2) is 14.7 Å². The van der Waals surface area contributed by atoms with Gasteiger partial charge in [-0.3, -0.25) is 0 Å². The lowest BCUT2D eigenvalue weighted by Gasteiger charge is -2.04. The third kappa shape index (κ3) is 1.79. The molecular formula is C12H13BrN2O. The highest BCUT2D eigenvalue weighted by atomic mass is 79.9. The monoisotopic (exact) mass is 280 g/mol. The van der Waals surface area contributed by atoms with Gasteiger partial charge in [-0.25, -0.2) is 4.98 Å². The molecule has 0 spiro atoms. The van der Waals surface area contributed by atoms with Gasteiger partial charge in [0.2, 0.25) is 0 Å². The maximum Gasteiger partial charge on any atom is 0.141 e. The standard InChI is InChI=1S/C12H13BrN2O/c1-8-11(7-16)14-12(15(8)2)9-5-3-4-6-10(9)13/h3-6,16H,7H2,1-2H3. The van der Waals surface area contributed by atoms with Gasteiger partial charge in [0.1, 0.15) is 5.82 Å². The number of benzene rings is 1. The Balaban J connectivity index is 2.61. The Labute approximate surface area is 103 Å². The summed E-state index contributed by atoms with van der Waals surface area (Å²) in [5, 5.41) is 9.18. The predicted molar refractivity (Wildman–Crippen MR) is 67.0 cm³/mol. The number of aromatic nitrogens is 2. The van der Waals surface area contributed by atoms with Gasteiger partial charge in [0.05, 0.1) is 12.3 Å². The van der Waals surface area contributed by atoms with Crippen LogP contribution < -0.4 is 0 Å². The van der Waals surface area contributed by atoms with Crippen LogP contribution in [0.3, 0.4) is 0 Å². The molecule has 0 saturated heterocycles. The van der Waals surface area contributed by atoms with Crippen LogP contribution >= 0.6 is 15.9 Å². The van der Waals surface area contributed by atoms with Crippen LogP contribution in [0.5, 0.6) is 0 Å². The first-order chi connectivity index (χ1) is 7.65. The first kappa shape index (κ1) is 11.4. The molecular weight excluding hydrogens is 268 g/mol. The van der Waals surface area contributed by atoms with Crippen LogP contribution in [0.1, 0.15) is 11.4 Å². The minimum Gasteiger partial charge on any atom is -0.390 e. The Morgan fingerprint density at radius 2 is 2.06 bits per heavy atom. The van der Waals surface area contributed by atoms with E-state index in [1.54, 1.807) is 0 Å².